The van der Waals surface area contributed by atoms with Crippen LogP contribution in [0.5, 0.6) is 0 Å². The van der Waals surface area contributed by atoms with E-state index in [1.807, 2.05) is 51.1 Å². The lowest BCUT2D eigenvalue weighted by molar-refractivity contribution is 0.491. The van der Waals surface area contributed by atoms with E-state index in [0.717, 1.165) is 6.54 Å². The summed E-state index contributed by atoms with van der Waals surface area (Å²) < 4.78 is 28.3. The predicted octanol–water partition coefficient (Wildman–Crippen LogP) is 3.85. The Morgan fingerprint density at radius 2 is 1.60 bits per heavy atom. The van der Waals surface area contributed by atoms with E-state index in [1.165, 1.54) is 5.56 Å². The number of guanidine groups is 1. The molecule has 0 aromatic heterocycles. The summed E-state index contributed by atoms with van der Waals surface area (Å²) in [6, 6.07) is 17.3. The van der Waals surface area contributed by atoms with Gasteiger partial charge in [0.1, 0.15) is 0 Å². The van der Waals surface area contributed by atoms with Gasteiger partial charge < -0.3 is 10.6 Å². The number of halogens is 1. The highest BCUT2D eigenvalue weighted by Crippen LogP contribution is 2.18. The molecule has 0 spiro atoms. The molecule has 2 aromatic carbocycles. The molecule has 0 aliphatic rings. The van der Waals surface area contributed by atoms with Crippen molar-refractivity contribution in [2.24, 2.45) is 4.99 Å². The van der Waals surface area contributed by atoms with Crippen LogP contribution >= 0.6 is 24.0 Å². The Kier molecular flexibility index (Phi) is 10.3. The maximum absolute atomic E-state index is 12.8. The third kappa shape index (κ3) is 8.23. The van der Waals surface area contributed by atoms with Crippen LogP contribution in [-0.2, 0) is 16.6 Å². The van der Waals surface area contributed by atoms with Gasteiger partial charge in [-0.3, -0.25) is 4.99 Å². The van der Waals surface area contributed by atoms with Gasteiger partial charge in [0.05, 0.1) is 4.90 Å². The predicted molar refractivity (Wildman–Crippen MR) is 135 cm³/mol. The minimum absolute atomic E-state index is 0. The highest BCUT2D eigenvalue weighted by Gasteiger charge is 2.24. The molecule has 0 amide bonds. The van der Waals surface area contributed by atoms with Gasteiger partial charge in [0.2, 0.25) is 10.0 Å². The summed E-state index contributed by atoms with van der Waals surface area (Å²) in [6.45, 7) is 8.69. The molecule has 2 rings (SSSR count). The third-order valence-corrected chi connectivity index (χ3v) is 6.18. The van der Waals surface area contributed by atoms with Crippen molar-refractivity contribution in [2.45, 2.75) is 50.6 Å². The molecule has 0 saturated heterocycles. The molecule has 3 N–H and O–H groups in total. The summed E-state index contributed by atoms with van der Waals surface area (Å²) in [7, 11) is -1.91. The number of hydrogen-bond donors (Lipinski definition) is 3. The Hall–Kier alpha value is -1.65. The van der Waals surface area contributed by atoms with Crippen LogP contribution in [0, 0.1) is 0 Å². The maximum atomic E-state index is 12.8. The summed E-state index contributed by atoms with van der Waals surface area (Å²) in [4.78, 5) is 4.52. The van der Waals surface area contributed by atoms with Crippen LogP contribution in [0.15, 0.2) is 64.5 Å². The first-order valence-electron chi connectivity index (χ1n) is 9.74. The molecule has 0 radical (unpaired) electrons. The second-order valence-electron chi connectivity index (χ2n) is 8.08. The van der Waals surface area contributed by atoms with Crippen molar-refractivity contribution in [2.75, 3.05) is 13.6 Å². The van der Waals surface area contributed by atoms with E-state index in [1.54, 1.807) is 19.2 Å². The Morgan fingerprint density at radius 1 is 1.00 bits per heavy atom. The van der Waals surface area contributed by atoms with Crippen LogP contribution in [0.3, 0.4) is 0 Å². The number of nitrogens with zero attached hydrogens (tertiary/aromatic N) is 1. The minimum atomic E-state index is -3.62. The van der Waals surface area contributed by atoms with Gasteiger partial charge in [-0.25, -0.2) is 13.1 Å². The van der Waals surface area contributed by atoms with Crippen LogP contribution in [0.4, 0.5) is 0 Å². The van der Waals surface area contributed by atoms with E-state index < -0.39 is 15.6 Å². The monoisotopic (exact) mass is 544 g/mol. The van der Waals surface area contributed by atoms with Crippen molar-refractivity contribution >= 4 is 40.0 Å². The lowest BCUT2D eigenvalue weighted by Gasteiger charge is -2.22. The molecule has 0 aliphatic carbocycles. The Morgan fingerprint density at radius 3 is 2.20 bits per heavy atom. The number of benzene rings is 2. The summed E-state index contributed by atoms with van der Waals surface area (Å²) in [6.07, 6.45) is 0. The fourth-order valence-corrected chi connectivity index (χ4v) is 4.58. The van der Waals surface area contributed by atoms with E-state index in [9.17, 15) is 8.42 Å². The van der Waals surface area contributed by atoms with Crippen LogP contribution in [-0.4, -0.2) is 33.5 Å². The molecule has 1 unspecified atom stereocenters. The molecule has 6 nitrogen and oxygen atoms in total. The zero-order valence-corrected chi connectivity index (χ0v) is 21.4. The zero-order valence-electron chi connectivity index (χ0n) is 18.3. The average molecular weight is 545 g/mol. The van der Waals surface area contributed by atoms with Gasteiger partial charge >= 0.3 is 0 Å². The first kappa shape index (κ1) is 26.4. The van der Waals surface area contributed by atoms with Gasteiger partial charge in [-0.2, -0.15) is 0 Å². The fraction of sp³-hybridized carbons (Fsp3) is 0.409. The second kappa shape index (κ2) is 11.7. The quantitative estimate of drug-likeness (QED) is 0.281. The van der Waals surface area contributed by atoms with Crippen molar-refractivity contribution < 1.29 is 8.42 Å². The van der Waals surface area contributed by atoms with Gasteiger partial charge in [-0.05, 0) is 43.9 Å². The SMILES string of the molecule is CN=C(NCc1ccccc1S(=O)(=O)NC(C)(C)C)NCC(C)c1ccccc1.I. The topological polar surface area (TPSA) is 82.6 Å². The molecule has 0 saturated carbocycles. The summed E-state index contributed by atoms with van der Waals surface area (Å²) in [5, 5.41) is 6.52. The van der Waals surface area contributed by atoms with Crippen molar-refractivity contribution in [1.29, 1.82) is 0 Å². The van der Waals surface area contributed by atoms with E-state index in [-0.39, 0.29) is 28.9 Å². The minimum Gasteiger partial charge on any atom is -0.356 e. The van der Waals surface area contributed by atoms with Gasteiger partial charge in [0.25, 0.3) is 0 Å². The van der Waals surface area contributed by atoms with Crippen molar-refractivity contribution in [1.82, 2.24) is 15.4 Å². The molecular formula is C22H33IN4O2S. The summed E-state index contributed by atoms with van der Waals surface area (Å²) in [5.74, 6) is 0.946. The second-order valence-corrected chi connectivity index (χ2v) is 9.73. The number of sulfonamides is 1. The number of hydrogen-bond acceptors (Lipinski definition) is 3. The average Bonchev–Trinajstić information content (AvgIpc) is 2.67. The molecule has 1 atom stereocenters. The molecule has 166 valence electrons. The highest BCUT2D eigenvalue weighted by atomic mass is 127. The van der Waals surface area contributed by atoms with E-state index >= 15 is 0 Å². The largest absolute Gasteiger partial charge is 0.356 e. The first-order chi connectivity index (χ1) is 13.6. The van der Waals surface area contributed by atoms with Crippen LogP contribution in [0.1, 0.15) is 44.7 Å². The molecule has 8 heteroatoms. The van der Waals surface area contributed by atoms with Gasteiger partial charge in [-0.15, -0.1) is 24.0 Å². The van der Waals surface area contributed by atoms with Crippen molar-refractivity contribution in [3.63, 3.8) is 0 Å². The number of rotatable bonds is 7. The number of nitrogens with one attached hydrogen (secondary N) is 3. The van der Waals surface area contributed by atoms with Crippen LogP contribution in [0.25, 0.3) is 0 Å². The maximum Gasteiger partial charge on any atom is 0.241 e. The molecule has 0 bridgehead atoms. The van der Waals surface area contributed by atoms with Crippen molar-refractivity contribution in [3.05, 3.63) is 65.7 Å². The molecular weight excluding hydrogens is 511 g/mol. The molecule has 2 aromatic rings. The van der Waals surface area contributed by atoms with Crippen molar-refractivity contribution in [3.8, 4) is 0 Å². The molecule has 0 fully saturated rings. The summed E-state index contributed by atoms with van der Waals surface area (Å²) >= 11 is 0. The standard InChI is InChI=1S/C22H32N4O2S.HI/c1-17(18-11-7-6-8-12-18)15-24-21(23-5)25-16-19-13-9-10-14-20(19)29(27,28)26-22(2,3)4;/h6-14,17,26H,15-16H2,1-5H3,(H2,23,24,25);1H. The molecule has 30 heavy (non-hydrogen) atoms. The lowest BCUT2D eigenvalue weighted by Crippen LogP contribution is -2.41. The summed E-state index contributed by atoms with van der Waals surface area (Å²) in [5.41, 5.74) is 1.38. The lowest BCUT2D eigenvalue weighted by atomic mass is 10.0. The number of aliphatic imine (C=N–C) groups is 1. The smallest absolute Gasteiger partial charge is 0.241 e. The first-order valence-corrected chi connectivity index (χ1v) is 11.2. The van der Waals surface area contributed by atoms with Crippen LogP contribution in [0.2, 0.25) is 0 Å². The molecule has 0 heterocycles. The Balaban J connectivity index is 0.00000450. The van der Waals surface area contributed by atoms with E-state index in [2.05, 4.69) is 39.4 Å². The highest BCUT2D eigenvalue weighted by molar-refractivity contribution is 14.0. The Labute approximate surface area is 198 Å². The van der Waals surface area contributed by atoms with Gasteiger partial charge in [0.15, 0.2) is 5.96 Å². The van der Waals surface area contributed by atoms with E-state index in [0.29, 0.717) is 24.0 Å². The fourth-order valence-electron chi connectivity index (χ4n) is 2.92. The Bertz CT molecular complexity index is 926. The third-order valence-electron chi connectivity index (χ3n) is 4.32. The zero-order chi connectivity index (χ0) is 21.5. The van der Waals surface area contributed by atoms with Gasteiger partial charge in [0, 0.05) is 25.7 Å². The van der Waals surface area contributed by atoms with Gasteiger partial charge in [-0.1, -0.05) is 55.5 Å². The van der Waals surface area contributed by atoms with E-state index in [4.69, 9.17) is 0 Å². The normalized spacial score (nSPS) is 13.3. The molecule has 0 aliphatic heterocycles. The van der Waals surface area contributed by atoms with Crippen LogP contribution < -0.4 is 15.4 Å².